The highest BCUT2D eigenvalue weighted by molar-refractivity contribution is 5.68. The lowest BCUT2D eigenvalue weighted by atomic mass is 10.1. The Hall–Kier alpha value is -1.91. The van der Waals surface area contributed by atoms with Crippen LogP contribution >= 0.6 is 0 Å². The van der Waals surface area contributed by atoms with E-state index in [2.05, 4.69) is 0 Å². The van der Waals surface area contributed by atoms with E-state index in [1.54, 1.807) is 12.1 Å². The number of rotatable bonds is 5. The number of methoxy groups -OCH3 is 2. The summed E-state index contributed by atoms with van der Waals surface area (Å²) in [5.74, 6) is 0.198. The zero-order valence-electron chi connectivity index (χ0n) is 9.32. The van der Waals surface area contributed by atoms with Crippen molar-refractivity contribution in [1.29, 1.82) is 0 Å². The molecule has 16 heavy (non-hydrogen) atoms. The molecule has 0 unspecified atom stereocenters. The third-order valence-electron chi connectivity index (χ3n) is 2.19. The molecule has 0 aromatic heterocycles. The molecule has 0 atom stereocenters. The Bertz CT molecular complexity index is 390. The second kappa shape index (κ2) is 5.25. The highest BCUT2D eigenvalue weighted by Gasteiger charge is 2.12. The molecule has 1 aromatic carbocycles. The number of carboxylic acid groups (broad SMARTS) is 1. The van der Waals surface area contributed by atoms with E-state index in [0.717, 1.165) is 5.56 Å². The van der Waals surface area contributed by atoms with E-state index in [9.17, 15) is 4.79 Å². The normalized spacial score (nSPS) is 9.88. The van der Waals surface area contributed by atoms with Crippen LogP contribution in [0.2, 0.25) is 0 Å². The van der Waals surface area contributed by atoms with Gasteiger partial charge in [-0.1, -0.05) is 0 Å². The van der Waals surface area contributed by atoms with Crippen molar-refractivity contribution in [3.05, 3.63) is 17.7 Å². The molecule has 3 N–H and O–H groups in total. The molecule has 0 saturated carbocycles. The summed E-state index contributed by atoms with van der Waals surface area (Å²) in [4.78, 5) is 10.5. The van der Waals surface area contributed by atoms with Gasteiger partial charge in [0, 0.05) is 23.7 Å². The van der Waals surface area contributed by atoms with Gasteiger partial charge in [-0.3, -0.25) is 4.79 Å². The molecule has 0 saturated heterocycles. The van der Waals surface area contributed by atoms with Crippen LogP contribution in [0.5, 0.6) is 11.5 Å². The van der Waals surface area contributed by atoms with Crippen LogP contribution in [-0.4, -0.2) is 25.3 Å². The first-order valence-corrected chi connectivity index (χ1v) is 4.80. The van der Waals surface area contributed by atoms with E-state index < -0.39 is 5.97 Å². The first-order valence-electron chi connectivity index (χ1n) is 4.80. The Morgan fingerprint density at radius 1 is 1.38 bits per heavy atom. The van der Waals surface area contributed by atoms with Gasteiger partial charge < -0.3 is 20.3 Å². The molecule has 0 aliphatic heterocycles. The van der Waals surface area contributed by atoms with E-state index in [-0.39, 0.29) is 6.42 Å². The maximum Gasteiger partial charge on any atom is 0.303 e. The molecule has 1 aromatic rings. The van der Waals surface area contributed by atoms with E-state index in [0.29, 0.717) is 23.6 Å². The van der Waals surface area contributed by atoms with Gasteiger partial charge in [-0.2, -0.15) is 0 Å². The highest BCUT2D eigenvalue weighted by atomic mass is 16.5. The van der Waals surface area contributed by atoms with Gasteiger partial charge in [0.25, 0.3) is 0 Å². The van der Waals surface area contributed by atoms with Gasteiger partial charge in [-0.15, -0.1) is 0 Å². The minimum absolute atomic E-state index is 0.0307. The van der Waals surface area contributed by atoms with Crippen LogP contribution in [-0.2, 0) is 11.2 Å². The Labute approximate surface area is 93.8 Å². The second-order valence-corrected chi connectivity index (χ2v) is 3.31. The molecule has 88 valence electrons. The summed E-state index contributed by atoms with van der Waals surface area (Å²) in [6, 6.07) is 3.34. The number of aliphatic carboxylic acids is 1. The maximum absolute atomic E-state index is 10.5. The van der Waals surface area contributed by atoms with Gasteiger partial charge >= 0.3 is 5.97 Å². The van der Waals surface area contributed by atoms with Crippen molar-refractivity contribution in [2.24, 2.45) is 0 Å². The van der Waals surface area contributed by atoms with Crippen molar-refractivity contribution < 1.29 is 19.4 Å². The summed E-state index contributed by atoms with van der Waals surface area (Å²) in [5, 5.41) is 8.63. The number of carbonyl (C=O) groups is 1. The molecule has 0 radical (unpaired) electrons. The largest absolute Gasteiger partial charge is 0.493 e. The van der Waals surface area contributed by atoms with Gasteiger partial charge in [0.05, 0.1) is 14.2 Å². The van der Waals surface area contributed by atoms with Gasteiger partial charge in [-0.05, 0) is 12.5 Å². The number of nitrogen functional groups attached to an aromatic ring is 1. The number of carboxylic acids is 1. The topological polar surface area (TPSA) is 81.8 Å². The number of aryl methyl sites for hydroxylation is 1. The predicted molar refractivity (Wildman–Crippen MR) is 59.9 cm³/mol. The summed E-state index contributed by atoms with van der Waals surface area (Å²) >= 11 is 0. The molecule has 0 bridgehead atoms. The van der Waals surface area contributed by atoms with Crippen molar-refractivity contribution in [2.75, 3.05) is 20.0 Å². The third kappa shape index (κ3) is 2.79. The lowest BCUT2D eigenvalue weighted by Gasteiger charge is -2.13. The molecule has 0 spiro atoms. The predicted octanol–water partition coefficient (Wildman–Crippen LogP) is 1.30. The molecule has 0 amide bonds. The van der Waals surface area contributed by atoms with Crippen LogP contribution < -0.4 is 15.2 Å². The Morgan fingerprint density at radius 3 is 2.56 bits per heavy atom. The molecule has 1 rings (SSSR count). The number of nitrogens with two attached hydrogens (primary N) is 1. The maximum atomic E-state index is 10.5. The number of benzene rings is 1. The summed E-state index contributed by atoms with van der Waals surface area (Å²) in [7, 11) is 3.02. The van der Waals surface area contributed by atoms with Crippen molar-refractivity contribution in [3.8, 4) is 11.5 Å². The smallest absolute Gasteiger partial charge is 0.303 e. The fourth-order valence-corrected chi connectivity index (χ4v) is 1.49. The van der Waals surface area contributed by atoms with E-state index in [4.69, 9.17) is 20.3 Å². The van der Waals surface area contributed by atoms with E-state index in [1.165, 1.54) is 14.2 Å². The minimum Gasteiger partial charge on any atom is -0.493 e. The monoisotopic (exact) mass is 225 g/mol. The van der Waals surface area contributed by atoms with Crippen molar-refractivity contribution in [1.82, 2.24) is 0 Å². The molecule has 0 aliphatic rings. The average Bonchev–Trinajstić information content (AvgIpc) is 2.25. The first kappa shape index (κ1) is 12.2. The van der Waals surface area contributed by atoms with Crippen LogP contribution in [0.3, 0.4) is 0 Å². The number of hydrogen-bond acceptors (Lipinski definition) is 4. The Balaban J connectivity index is 3.04. The van der Waals surface area contributed by atoms with Crippen molar-refractivity contribution >= 4 is 11.7 Å². The lowest BCUT2D eigenvalue weighted by Crippen LogP contribution is -2.02. The summed E-state index contributed by atoms with van der Waals surface area (Å²) in [6.07, 6.45) is 0.392. The van der Waals surface area contributed by atoms with Gasteiger partial charge in [0.2, 0.25) is 0 Å². The van der Waals surface area contributed by atoms with Gasteiger partial charge in [0.15, 0.2) is 11.5 Å². The fraction of sp³-hybridized carbons (Fsp3) is 0.364. The summed E-state index contributed by atoms with van der Waals surface area (Å²) in [6.45, 7) is 0. The molecule has 0 aliphatic carbocycles. The standard InChI is InChI=1S/C11H15NO4/c1-15-9-6-8(12)5-7(11(9)16-2)3-4-10(13)14/h5-6H,3-4,12H2,1-2H3,(H,13,14). The molecular weight excluding hydrogens is 210 g/mol. The summed E-state index contributed by atoms with van der Waals surface area (Å²) in [5.41, 5.74) is 6.95. The third-order valence-corrected chi connectivity index (χ3v) is 2.19. The molecule has 0 fully saturated rings. The van der Waals surface area contributed by atoms with Gasteiger partial charge in [-0.25, -0.2) is 0 Å². The van der Waals surface area contributed by atoms with Crippen LogP contribution in [0.15, 0.2) is 12.1 Å². The quantitative estimate of drug-likeness (QED) is 0.738. The van der Waals surface area contributed by atoms with E-state index in [1.807, 2.05) is 0 Å². The first-order chi connectivity index (χ1) is 7.58. The van der Waals surface area contributed by atoms with Gasteiger partial charge in [0.1, 0.15) is 0 Å². The zero-order chi connectivity index (χ0) is 12.1. The molecule has 0 heterocycles. The SMILES string of the molecule is COc1cc(N)cc(CCC(=O)O)c1OC. The Morgan fingerprint density at radius 2 is 2.06 bits per heavy atom. The highest BCUT2D eigenvalue weighted by Crippen LogP contribution is 2.34. The van der Waals surface area contributed by atoms with Crippen molar-refractivity contribution in [2.45, 2.75) is 12.8 Å². The average molecular weight is 225 g/mol. The lowest BCUT2D eigenvalue weighted by molar-refractivity contribution is -0.136. The fourth-order valence-electron chi connectivity index (χ4n) is 1.49. The molecular formula is C11H15NO4. The van der Waals surface area contributed by atoms with Crippen LogP contribution in [0.25, 0.3) is 0 Å². The molecule has 5 heteroatoms. The second-order valence-electron chi connectivity index (χ2n) is 3.31. The van der Waals surface area contributed by atoms with Crippen molar-refractivity contribution in [3.63, 3.8) is 0 Å². The minimum atomic E-state index is -0.858. The van der Waals surface area contributed by atoms with Crippen LogP contribution in [0.1, 0.15) is 12.0 Å². The van der Waals surface area contributed by atoms with Crippen LogP contribution in [0, 0.1) is 0 Å². The number of anilines is 1. The number of ether oxygens (including phenoxy) is 2. The summed E-state index contributed by atoms with van der Waals surface area (Å²) < 4.78 is 10.3. The number of hydrogen-bond donors (Lipinski definition) is 2. The van der Waals surface area contributed by atoms with Crippen LogP contribution in [0.4, 0.5) is 5.69 Å². The Kier molecular flexibility index (Phi) is 3.99. The van der Waals surface area contributed by atoms with E-state index >= 15 is 0 Å². The molecule has 5 nitrogen and oxygen atoms in total. The zero-order valence-corrected chi connectivity index (χ0v) is 9.32.